The van der Waals surface area contributed by atoms with E-state index in [9.17, 15) is 18.0 Å². The fourth-order valence-corrected chi connectivity index (χ4v) is 2.53. The summed E-state index contributed by atoms with van der Waals surface area (Å²) in [6, 6.07) is 3.90. The van der Waals surface area contributed by atoms with E-state index in [4.69, 9.17) is 0 Å². The monoisotopic (exact) mass is 339 g/mol. The molecular formula is C15H16F3N5O. The zero-order chi connectivity index (χ0) is 17.3. The van der Waals surface area contributed by atoms with Crippen molar-refractivity contribution in [2.75, 3.05) is 36.0 Å². The van der Waals surface area contributed by atoms with Gasteiger partial charge in [-0.2, -0.15) is 13.2 Å². The van der Waals surface area contributed by atoms with Crippen LogP contribution >= 0.6 is 0 Å². The van der Waals surface area contributed by atoms with E-state index in [0.29, 0.717) is 37.8 Å². The Bertz CT molecular complexity index is 764. The van der Waals surface area contributed by atoms with Crippen molar-refractivity contribution >= 4 is 11.6 Å². The predicted octanol–water partition coefficient (Wildman–Crippen LogP) is 1.52. The second kappa shape index (κ2) is 6.14. The second-order valence-electron chi connectivity index (χ2n) is 5.57. The molecular weight excluding hydrogens is 323 g/mol. The number of hydrogen-bond donors (Lipinski definition) is 0. The van der Waals surface area contributed by atoms with Crippen molar-refractivity contribution in [2.45, 2.75) is 6.18 Å². The lowest BCUT2D eigenvalue weighted by atomic mass is 10.2. The summed E-state index contributed by atoms with van der Waals surface area (Å²) in [7, 11) is 1.63. The van der Waals surface area contributed by atoms with E-state index < -0.39 is 11.7 Å². The Morgan fingerprint density at radius 2 is 1.62 bits per heavy atom. The topological polar surface area (TPSA) is 54.3 Å². The van der Waals surface area contributed by atoms with Gasteiger partial charge in [-0.25, -0.2) is 9.97 Å². The number of halogens is 3. The minimum absolute atomic E-state index is 0.133. The first-order chi connectivity index (χ1) is 11.3. The van der Waals surface area contributed by atoms with E-state index in [-0.39, 0.29) is 5.56 Å². The van der Waals surface area contributed by atoms with Crippen molar-refractivity contribution < 1.29 is 13.2 Å². The molecule has 1 aliphatic rings. The van der Waals surface area contributed by atoms with E-state index >= 15 is 0 Å². The zero-order valence-corrected chi connectivity index (χ0v) is 13.0. The van der Waals surface area contributed by atoms with Crippen LogP contribution in [-0.2, 0) is 13.2 Å². The average molecular weight is 339 g/mol. The maximum atomic E-state index is 12.6. The highest BCUT2D eigenvalue weighted by atomic mass is 19.4. The summed E-state index contributed by atoms with van der Waals surface area (Å²) in [6.07, 6.45) is -2.05. The number of rotatable bonds is 2. The molecule has 2 aromatic heterocycles. The van der Waals surface area contributed by atoms with Gasteiger partial charge in [0.15, 0.2) is 0 Å². The van der Waals surface area contributed by atoms with Crippen molar-refractivity contribution in [1.29, 1.82) is 0 Å². The number of pyridine rings is 1. The first-order valence-electron chi connectivity index (χ1n) is 7.40. The SMILES string of the molecule is Cn1cnc(N2CCN(c3ccc(C(F)(F)F)cn3)CC2)cc1=O. The van der Waals surface area contributed by atoms with Crippen molar-refractivity contribution in [2.24, 2.45) is 7.05 Å². The Morgan fingerprint density at radius 1 is 1.00 bits per heavy atom. The summed E-state index contributed by atoms with van der Waals surface area (Å²) < 4.78 is 39.1. The van der Waals surface area contributed by atoms with Crippen LogP contribution in [0.3, 0.4) is 0 Å². The third-order valence-electron chi connectivity index (χ3n) is 3.97. The summed E-state index contributed by atoms with van der Waals surface area (Å²) in [5.41, 5.74) is -0.888. The van der Waals surface area contributed by atoms with Crippen molar-refractivity contribution in [1.82, 2.24) is 14.5 Å². The number of anilines is 2. The van der Waals surface area contributed by atoms with E-state index in [2.05, 4.69) is 9.97 Å². The molecule has 0 atom stereocenters. The lowest BCUT2D eigenvalue weighted by Crippen LogP contribution is -2.47. The summed E-state index contributed by atoms with van der Waals surface area (Å²) in [6.45, 7) is 2.41. The van der Waals surface area contributed by atoms with Crippen LogP contribution < -0.4 is 15.4 Å². The fraction of sp³-hybridized carbons (Fsp3) is 0.400. The van der Waals surface area contributed by atoms with Gasteiger partial charge in [0.25, 0.3) is 5.56 Å². The van der Waals surface area contributed by atoms with Gasteiger partial charge in [-0.3, -0.25) is 4.79 Å². The molecule has 1 aliphatic heterocycles. The maximum absolute atomic E-state index is 12.6. The number of hydrogen-bond acceptors (Lipinski definition) is 5. The quantitative estimate of drug-likeness (QED) is 0.830. The number of piperazine rings is 1. The minimum atomic E-state index is -4.38. The van der Waals surface area contributed by atoms with Gasteiger partial charge in [-0.05, 0) is 12.1 Å². The first-order valence-corrected chi connectivity index (χ1v) is 7.40. The summed E-state index contributed by atoms with van der Waals surface area (Å²) >= 11 is 0. The predicted molar refractivity (Wildman–Crippen MR) is 83.1 cm³/mol. The molecule has 6 nitrogen and oxygen atoms in total. The van der Waals surface area contributed by atoms with E-state index in [1.54, 1.807) is 7.05 Å². The van der Waals surface area contributed by atoms with Gasteiger partial charge in [0.2, 0.25) is 0 Å². The van der Waals surface area contributed by atoms with Crippen LogP contribution in [0.4, 0.5) is 24.8 Å². The second-order valence-corrected chi connectivity index (χ2v) is 5.57. The Labute approximate surface area is 136 Å². The van der Waals surface area contributed by atoms with Gasteiger partial charge in [-0.15, -0.1) is 0 Å². The molecule has 24 heavy (non-hydrogen) atoms. The zero-order valence-electron chi connectivity index (χ0n) is 13.0. The standard InChI is InChI=1S/C15H16F3N5O/c1-21-10-20-13(8-14(21)24)23-6-4-22(5-7-23)12-3-2-11(9-19-12)15(16,17)18/h2-3,8-10H,4-7H2,1H3. The molecule has 1 fully saturated rings. The van der Waals surface area contributed by atoms with E-state index in [0.717, 1.165) is 12.3 Å². The van der Waals surface area contributed by atoms with Gasteiger partial charge >= 0.3 is 6.18 Å². The van der Waals surface area contributed by atoms with Crippen LogP contribution in [0.25, 0.3) is 0 Å². The third-order valence-corrected chi connectivity index (χ3v) is 3.97. The molecule has 0 amide bonds. The van der Waals surface area contributed by atoms with E-state index in [1.807, 2.05) is 9.80 Å². The van der Waals surface area contributed by atoms with Crippen LogP contribution in [0, 0.1) is 0 Å². The number of nitrogens with zero attached hydrogens (tertiary/aromatic N) is 5. The summed E-state index contributed by atoms with van der Waals surface area (Å²) in [5.74, 6) is 1.12. The van der Waals surface area contributed by atoms with Crippen molar-refractivity contribution in [3.05, 3.63) is 46.6 Å². The Morgan fingerprint density at radius 3 is 2.12 bits per heavy atom. The fourth-order valence-electron chi connectivity index (χ4n) is 2.53. The molecule has 0 aromatic carbocycles. The van der Waals surface area contributed by atoms with Gasteiger partial charge in [0, 0.05) is 45.5 Å². The van der Waals surface area contributed by atoms with Gasteiger partial charge in [-0.1, -0.05) is 0 Å². The Hall–Kier alpha value is -2.58. The molecule has 0 spiro atoms. The summed E-state index contributed by atoms with van der Waals surface area (Å²) in [5, 5.41) is 0. The third kappa shape index (κ3) is 3.34. The number of aromatic nitrogens is 3. The molecule has 128 valence electrons. The van der Waals surface area contributed by atoms with Crippen molar-refractivity contribution in [3.63, 3.8) is 0 Å². The first kappa shape index (κ1) is 16.3. The minimum Gasteiger partial charge on any atom is -0.353 e. The van der Waals surface area contributed by atoms with Crippen LogP contribution in [0.15, 0.2) is 35.5 Å². The van der Waals surface area contributed by atoms with Gasteiger partial charge in [0.1, 0.15) is 11.6 Å². The molecule has 0 radical (unpaired) electrons. The number of aryl methyl sites for hydroxylation is 1. The van der Waals surface area contributed by atoms with Crippen LogP contribution in [0.5, 0.6) is 0 Å². The van der Waals surface area contributed by atoms with E-state index in [1.165, 1.54) is 23.0 Å². The normalized spacial score (nSPS) is 15.7. The van der Waals surface area contributed by atoms with Gasteiger partial charge in [0.05, 0.1) is 11.9 Å². The average Bonchev–Trinajstić information content (AvgIpc) is 2.57. The molecule has 0 bridgehead atoms. The molecule has 9 heteroatoms. The highest BCUT2D eigenvalue weighted by molar-refractivity contribution is 5.44. The van der Waals surface area contributed by atoms with Crippen LogP contribution in [0.1, 0.15) is 5.56 Å². The Balaban J connectivity index is 1.66. The summed E-state index contributed by atoms with van der Waals surface area (Å²) in [4.78, 5) is 23.7. The molecule has 0 saturated carbocycles. The van der Waals surface area contributed by atoms with Gasteiger partial charge < -0.3 is 14.4 Å². The molecule has 0 aliphatic carbocycles. The highest BCUT2D eigenvalue weighted by Gasteiger charge is 2.31. The molecule has 2 aromatic rings. The van der Waals surface area contributed by atoms with Crippen LogP contribution in [-0.4, -0.2) is 40.7 Å². The molecule has 0 unspecified atom stereocenters. The maximum Gasteiger partial charge on any atom is 0.417 e. The lowest BCUT2D eigenvalue weighted by Gasteiger charge is -2.36. The Kier molecular flexibility index (Phi) is 4.16. The highest BCUT2D eigenvalue weighted by Crippen LogP contribution is 2.29. The molecule has 3 heterocycles. The largest absolute Gasteiger partial charge is 0.417 e. The number of alkyl halides is 3. The smallest absolute Gasteiger partial charge is 0.353 e. The molecule has 1 saturated heterocycles. The lowest BCUT2D eigenvalue weighted by molar-refractivity contribution is -0.137. The molecule has 3 rings (SSSR count). The van der Waals surface area contributed by atoms with Crippen LogP contribution in [0.2, 0.25) is 0 Å². The van der Waals surface area contributed by atoms with Crippen molar-refractivity contribution in [3.8, 4) is 0 Å². The molecule has 0 N–H and O–H groups in total.